The topological polar surface area (TPSA) is 60.9 Å². The highest BCUT2D eigenvalue weighted by molar-refractivity contribution is 7.88. The molecule has 5 nitrogen and oxygen atoms in total. The fourth-order valence-corrected chi connectivity index (χ4v) is 4.25. The quantitative estimate of drug-likeness (QED) is 0.772. The molecule has 0 spiro atoms. The summed E-state index contributed by atoms with van der Waals surface area (Å²) in [6, 6.07) is 1.11. The van der Waals surface area contributed by atoms with Gasteiger partial charge in [0.15, 0.2) is 0 Å². The number of rotatable bonds is 6. The number of nitrogens with zero attached hydrogens (tertiary/aromatic N) is 2. The monoisotopic (exact) mass is 289 g/mol. The minimum Gasteiger partial charge on any atom is -0.390 e. The Labute approximate surface area is 116 Å². The Morgan fingerprint density at radius 3 is 2.42 bits per heavy atom. The van der Waals surface area contributed by atoms with E-state index in [0.717, 1.165) is 12.8 Å². The van der Waals surface area contributed by atoms with Crippen LogP contribution in [0.2, 0.25) is 0 Å². The molecule has 0 aromatic carbocycles. The number of fused-ring (bicyclic) bond motifs is 2. The molecule has 0 amide bonds. The molecule has 0 aliphatic carbocycles. The SMILES string of the molecule is CCN(CC(O)CN1[C@@H]2C[CH]C[C@H]1CC2)S(C)(=O)=O. The molecule has 2 heterocycles. The molecule has 0 aromatic heterocycles. The van der Waals surface area contributed by atoms with Crippen molar-refractivity contribution in [1.82, 2.24) is 9.21 Å². The molecule has 1 radical (unpaired) electrons. The van der Waals surface area contributed by atoms with Gasteiger partial charge in [0.25, 0.3) is 0 Å². The largest absolute Gasteiger partial charge is 0.390 e. The maximum absolute atomic E-state index is 11.5. The van der Waals surface area contributed by atoms with Crippen LogP contribution < -0.4 is 0 Å². The van der Waals surface area contributed by atoms with Crippen LogP contribution in [0.5, 0.6) is 0 Å². The zero-order valence-corrected chi connectivity index (χ0v) is 12.6. The van der Waals surface area contributed by atoms with E-state index in [1.807, 2.05) is 0 Å². The van der Waals surface area contributed by atoms with E-state index in [0.29, 0.717) is 25.2 Å². The summed E-state index contributed by atoms with van der Waals surface area (Å²) >= 11 is 0. The van der Waals surface area contributed by atoms with Gasteiger partial charge in [-0.1, -0.05) is 6.92 Å². The first kappa shape index (κ1) is 15.2. The molecule has 2 aliphatic heterocycles. The van der Waals surface area contributed by atoms with Gasteiger partial charge in [-0.05, 0) is 32.1 Å². The summed E-state index contributed by atoms with van der Waals surface area (Å²) in [6.07, 6.45) is 7.56. The molecule has 6 heteroatoms. The van der Waals surface area contributed by atoms with Crippen molar-refractivity contribution in [1.29, 1.82) is 0 Å². The van der Waals surface area contributed by atoms with Crippen molar-refractivity contribution in [3.63, 3.8) is 0 Å². The molecular weight excluding hydrogens is 264 g/mol. The van der Waals surface area contributed by atoms with Gasteiger partial charge in [-0.2, -0.15) is 4.31 Å². The van der Waals surface area contributed by atoms with E-state index in [-0.39, 0.29) is 6.54 Å². The highest BCUT2D eigenvalue weighted by atomic mass is 32.2. The Bertz CT molecular complexity index is 383. The minimum atomic E-state index is -3.21. The standard InChI is InChI=1S/C13H25N2O3S/c1-3-14(19(2,17)18)9-13(16)10-15-11-5-4-6-12(15)8-7-11/h4,11-13,16H,3,5-10H2,1-2H3/t11-,12+,13?. The normalized spacial score (nSPS) is 29.9. The Balaban J connectivity index is 1.89. The molecule has 2 aliphatic rings. The number of hydrogen-bond acceptors (Lipinski definition) is 4. The summed E-state index contributed by atoms with van der Waals surface area (Å²) in [5.74, 6) is 0. The zero-order chi connectivity index (χ0) is 14.0. The van der Waals surface area contributed by atoms with Gasteiger partial charge in [0.2, 0.25) is 10.0 Å². The van der Waals surface area contributed by atoms with Crippen LogP contribution in [-0.2, 0) is 10.0 Å². The van der Waals surface area contributed by atoms with Crippen LogP contribution >= 0.6 is 0 Å². The zero-order valence-electron chi connectivity index (χ0n) is 11.8. The third-order valence-electron chi connectivity index (χ3n) is 4.31. The van der Waals surface area contributed by atoms with Gasteiger partial charge < -0.3 is 5.11 Å². The Morgan fingerprint density at radius 1 is 1.37 bits per heavy atom. The van der Waals surface area contributed by atoms with Crippen molar-refractivity contribution in [2.75, 3.05) is 25.9 Å². The number of likely N-dealkylation sites (N-methyl/N-ethyl adjacent to an activating group) is 1. The average molecular weight is 289 g/mol. The van der Waals surface area contributed by atoms with Gasteiger partial charge in [-0.25, -0.2) is 8.42 Å². The van der Waals surface area contributed by atoms with Gasteiger partial charge in [0, 0.05) is 31.7 Å². The lowest BCUT2D eigenvalue weighted by Crippen LogP contribution is -2.47. The second kappa shape index (κ2) is 6.08. The Morgan fingerprint density at radius 2 is 1.95 bits per heavy atom. The van der Waals surface area contributed by atoms with E-state index in [9.17, 15) is 13.5 Å². The van der Waals surface area contributed by atoms with Gasteiger partial charge in [0.05, 0.1) is 12.4 Å². The number of piperidine rings is 1. The fourth-order valence-electron chi connectivity index (χ4n) is 3.34. The van der Waals surface area contributed by atoms with E-state index in [4.69, 9.17) is 0 Å². The maximum atomic E-state index is 11.5. The van der Waals surface area contributed by atoms with E-state index < -0.39 is 16.1 Å². The van der Waals surface area contributed by atoms with E-state index in [1.165, 1.54) is 23.4 Å². The molecule has 0 saturated carbocycles. The second-order valence-electron chi connectivity index (χ2n) is 5.71. The van der Waals surface area contributed by atoms with Crippen LogP contribution in [0.3, 0.4) is 0 Å². The fraction of sp³-hybridized carbons (Fsp3) is 0.923. The predicted octanol–water partition coefficient (Wildman–Crippen LogP) is 0.460. The van der Waals surface area contributed by atoms with Gasteiger partial charge in [0.1, 0.15) is 0 Å². The van der Waals surface area contributed by atoms with Crippen molar-refractivity contribution < 1.29 is 13.5 Å². The highest BCUT2D eigenvalue weighted by Gasteiger charge is 2.37. The van der Waals surface area contributed by atoms with Crippen LogP contribution in [0.1, 0.15) is 32.6 Å². The Kier molecular flexibility index (Phi) is 4.87. The summed E-state index contributed by atoms with van der Waals surface area (Å²) in [4.78, 5) is 2.38. The van der Waals surface area contributed by atoms with Crippen LogP contribution in [-0.4, -0.2) is 66.8 Å². The molecule has 2 fully saturated rings. The second-order valence-corrected chi connectivity index (χ2v) is 7.69. The van der Waals surface area contributed by atoms with Crippen molar-refractivity contribution in [2.45, 2.75) is 50.8 Å². The third-order valence-corrected chi connectivity index (χ3v) is 5.65. The van der Waals surface area contributed by atoms with E-state index in [1.54, 1.807) is 6.92 Å². The molecule has 2 saturated heterocycles. The first-order chi connectivity index (χ1) is 8.91. The lowest BCUT2D eigenvalue weighted by molar-refractivity contribution is 0.0619. The molecule has 19 heavy (non-hydrogen) atoms. The summed E-state index contributed by atoms with van der Waals surface area (Å²) in [5, 5.41) is 10.2. The predicted molar refractivity (Wildman–Crippen MR) is 75.1 cm³/mol. The van der Waals surface area contributed by atoms with Crippen molar-refractivity contribution >= 4 is 10.0 Å². The molecule has 1 unspecified atom stereocenters. The summed E-state index contributed by atoms with van der Waals surface area (Å²) < 4.78 is 24.4. The molecule has 0 aromatic rings. The Hall–Kier alpha value is -0.170. The van der Waals surface area contributed by atoms with Gasteiger partial charge in [-0.15, -0.1) is 0 Å². The van der Waals surface area contributed by atoms with Gasteiger partial charge >= 0.3 is 0 Å². The third kappa shape index (κ3) is 3.68. The highest BCUT2D eigenvalue weighted by Crippen LogP contribution is 2.34. The van der Waals surface area contributed by atoms with Crippen LogP contribution in [0.4, 0.5) is 0 Å². The van der Waals surface area contributed by atoms with Crippen molar-refractivity contribution in [3.05, 3.63) is 6.42 Å². The molecule has 1 N–H and O–H groups in total. The van der Waals surface area contributed by atoms with E-state index in [2.05, 4.69) is 11.3 Å². The summed E-state index contributed by atoms with van der Waals surface area (Å²) in [6.45, 7) is 3.01. The van der Waals surface area contributed by atoms with Crippen molar-refractivity contribution in [3.8, 4) is 0 Å². The van der Waals surface area contributed by atoms with Crippen molar-refractivity contribution in [2.24, 2.45) is 0 Å². The molecule has 2 bridgehead atoms. The number of hydrogen-bond donors (Lipinski definition) is 1. The van der Waals surface area contributed by atoms with Gasteiger partial charge in [-0.3, -0.25) is 4.90 Å². The van der Waals surface area contributed by atoms with E-state index >= 15 is 0 Å². The molecule has 111 valence electrons. The number of aliphatic hydroxyl groups excluding tert-OH is 1. The average Bonchev–Trinajstić information content (AvgIpc) is 2.57. The first-order valence-corrected chi connectivity index (χ1v) is 8.97. The summed E-state index contributed by atoms with van der Waals surface area (Å²) in [5.41, 5.74) is 0. The molecule has 2 rings (SSSR count). The number of aliphatic hydroxyl groups is 1. The first-order valence-electron chi connectivity index (χ1n) is 7.12. The van der Waals surface area contributed by atoms with Crippen LogP contribution in [0.15, 0.2) is 0 Å². The van der Waals surface area contributed by atoms with Crippen LogP contribution in [0.25, 0.3) is 0 Å². The smallest absolute Gasteiger partial charge is 0.211 e. The minimum absolute atomic E-state index is 0.203. The number of sulfonamides is 1. The summed E-state index contributed by atoms with van der Waals surface area (Å²) in [7, 11) is -3.21. The van der Waals surface area contributed by atoms with Crippen LogP contribution in [0, 0.1) is 6.42 Å². The lowest BCUT2D eigenvalue weighted by atomic mass is 10.0. The molecular formula is C13H25N2O3S. The molecule has 3 atom stereocenters. The maximum Gasteiger partial charge on any atom is 0.211 e. The lowest BCUT2D eigenvalue weighted by Gasteiger charge is -2.36.